The lowest BCUT2D eigenvalue weighted by Gasteiger charge is -2.14. The molecular formula is C11H8BrClN2O. The second kappa shape index (κ2) is 4.44. The molecule has 2 rings (SSSR count). The normalized spacial score (nSPS) is 19.9. The second-order valence-corrected chi connectivity index (χ2v) is 4.79. The summed E-state index contributed by atoms with van der Waals surface area (Å²) in [5.74, 6) is 3.15. The zero-order valence-electron chi connectivity index (χ0n) is 8.28. The van der Waals surface area contributed by atoms with Crippen molar-refractivity contribution in [2.45, 2.75) is 6.42 Å². The van der Waals surface area contributed by atoms with E-state index in [1.165, 1.54) is 6.20 Å². The molecule has 16 heavy (non-hydrogen) atoms. The van der Waals surface area contributed by atoms with Crippen LogP contribution < -0.4 is 4.90 Å². The Hall–Kier alpha value is -1.05. The molecule has 1 atom stereocenters. The maximum Gasteiger partial charge on any atom is 0.229 e. The van der Waals surface area contributed by atoms with Crippen molar-refractivity contribution in [3.05, 3.63) is 21.8 Å². The first-order valence-electron chi connectivity index (χ1n) is 4.69. The van der Waals surface area contributed by atoms with E-state index in [4.69, 9.17) is 18.0 Å². The summed E-state index contributed by atoms with van der Waals surface area (Å²) >= 11 is 9.13. The van der Waals surface area contributed by atoms with Crippen LogP contribution in [0.3, 0.4) is 0 Å². The Labute approximate surface area is 107 Å². The largest absolute Gasteiger partial charge is 0.295 e. The highest BCUT2D eigenvalue weighted by atomic mass is 79.9. The van der Waals surface area contributed by atoms with Crippen LogP contribution in [-0.2, 0) is 4.79 Å². The quantitative estimate of drug-likeness (QED) is 0.747. The van der Waals surface area contributed by atoms with Gasteiger partial charge in [-0.25, -0.2) is 4.98 Å². The van der Waals surface area contributed by atoms with Gasteiger partial charge in [-0.2, -0.15) is 0 Å². The van der Waals surface area contributed by atoms with E-state index in [0.29, 0.717) is 23.8 Å². The molecule has 1 aliphatic heterocycles. The number of rotatable bonds is 1. The molecule has 1 aromatic rings. The van der Waals surface area contributed by atoms with E-state index < -0.39 is 0 Å². The Kier molecular flexibility index (Phi) is 3.17. The number of terminal acetylenes is 1. The summed E-state index contributed by atoms with van der Waals surface area (Å²) in [7, 11) is 0. The third-order valence-electron chi connectivity index (χ3n) is 2.43. The van der Waals surface area contributed by atoms with Crippen LogP contribution in [0.1, 0.15) is 6.42 Å². The molecule has 0 N–H and O–H groups in total. The number of hydrogen-bond acceptors (Lipinski definition) is 2. The molecular weight excluding hydrogens is 291 g/mol. The van der Waals surface area contributed by atoms with E-state index in [0.717, 1.165) is 4.47 Å². The fourth-order valence-corrected chi connectivity index (χ4v) is 2.00. The first kappa shape index (κ1) is 11.4. The van der Waals surface area contributed by atoms with Gasteiger partial charge in [0.2, 0.25) is 5.91 Å². The van der Waals surface area contributed by atoms with Crippen molar-refractivity contribution in [1.82, 2.24) is 4.98 Å². The van der Waals surface area contributed by atoms with E-state index in [1.54, 1.807) is 11.0 Å². The minimum absolute atomic E-state index is 0.00433. The molecule has 1 fully saturated rings. The van der Waals surface area contributed by atoms with E-state index >= 15 is 0 Å². The molecule has 1 aliphatic rings. The van der Waals surface area contributed by atoms with Gasteiger partial charge >= 0.3 is 0 Å². The maximum atomic E-state index is 11.7. The Morgan fingerprint density at radius 3 is 3.00 bits per heavy atom. The molecule has 2 heterocycles. The van der Waals surface area contributed by atoms with Gasteiger partial charge in [-0.1, -0.05) is 11.6 Å². The molecule has 1 unspecified atom stereocenters. The Balaban J connectivity index is 2.29. The molecule has 0 radical (unpaired) electrons. The van der Waals surface area contributed by atoms with Crippen molar-refractivity contribution in [3.8, 4) is 12.3 Å². The van der Waals surface area contributed by atoms with Gasteiger partial charge in [0, 0.05) is 29.6 Å². The van der Waals surface area contributed by atoms with Gasteiger partial charge in [-0.05, 0) is 22.0 Å². The number of hydrogen-bond donors (Lipinski definition) is 0. The summed E-state index contributed by atoms with van der Waals surface area (Å²) in [6.45, 7) is 0.524. The van der Waals surface area contributed by atoms with Gasteiger partial charge in [0.1, 0.15) is 5.82 Å². The van der Waals surface area contributed by atoms with Crippen molar-refractivity contribution in [2.24, 2.45) is 5.92 Å². The average Bonchev–Trinajstić information content (AvgIpc) is 2.64. The molecule has 0 spiro atoms. The number of nitrogens with zero attached hydrogens (tertiary/aromatic N) is 2. The number of halogens is 2. The van der Waals surface area contributed by atoms with Gasteiger partial charge in [0.15, 0.2) is 0 Å². The molecule has 0 aliphatic carbocycles. The van der Waals surface area contributed by atoms with Crippen LogP contribution in [-0.4, -0.2) is 17.4 Å². The molecule has 0 aromatic carbocycles. The number of carbonyl (C=O) groups excluding carboxylic acids is 1. The first-order chi connectivity index (χ1) is 7.61. The average molecular weight is 300 g/mol. The highest BCUT2D eigenvalue weighted by molar-refractivity contribution is 9.10. The third kappa shape index (κ3) is 2.06. The summed E-state index contributed by atoms with van der Waals surface area (Å²) in [6, 6.07) is 1.72. The van der Waals surface area contributed by atoms with Crippen LogP contribution in [0.4, 0.5) is 5.82 Å². The molecule has 1 aromatic heterocycles. The lowest BCUT2D eigenvalue weighted by Crippen LogP contribution is -2.25. The van der Waals surface area contributed by atoms with Crippen molar-refractivity contribution in [3.63, 3.8) is 0 Å². The predicted molar refractivity (Wildman–Crippen MR) is 66.2 cm³/mol. The zero-order valence-corrected chi connectivity index (χ0v) is 10.6. The van der Waals surface area contributed by atoms with E-state index in [9.17, 15) is 4.79 Å². The summed E-state index contributed by atoms with van der Waals surface area (Å²) in [6.07, 6.45) is 7.21. The molecule has 0 bridgehead atoms. The van der Waals surface area contributed by atoms with Crippen LogP contribution in [0.15, 0.2) is 16.7 Å². The van der Waals surface area contributed by atoms with Gasteiger partial charge in [-0.3, -0.25) is 9.69 Å². The van der Waals surface area contributed by atoms with Crippen molar-refractivity contribution >= 4 is 39.3 Å². The second-order valence-electron chi connectivity index (χ2n) is 3.53. The van der Waals surface area contributed by atoms with Gasteiger partial charge in [0.25, 0.3) is 0 Å². The SMILES string of the molecule is C#CC1CC(=O)N(c2cc(Br)c(Cl)cn2)C1. The minimum atomic E-state index is -0.0243. The summed E-state index contributed by atoms with van der Waals surface area (Å²) in [4.78, 5) is 17.4. The summed E-state index contributed by atoms with van der Waals surface area (Å²) < 4.78 is 0.719. The van der Waals surface area contributed by atoms with E-state index in [2.05, 4.69) is 26.8 Å². The van der Waals surface area contributed by atoms with Crippen LogP contribution in [0.2, 0.25) is 5.02 Å². The van der Waals surface area contributed by atoms with E-state index in [1.807, 2.05) is 0 Å². The zero-order chi connectivity index (χ0) is 11.7. The summed E-state index contributed by atoms with van der Waals surface area (Å²) in [5.41, 5.74) is 0. The predicted octanol–water partition coefficient (Wildman–Crippen LogP) is 2.48. The third-order valence-corrected chi connectivity index (χ3v) is 3.62. The number of carbonyl (C=O) groups is 1. The monoisotopic (exact) mass is 298 g/mol. The van der Waals surface area contributed by atoms with E-state index in [-0.39, 0.29) is 11.8 Å². The molecule has 5 heteroatoms. The van der Waals surface area contributed by atoms with Crippen LogP contribution in [0, 0.1) is 18.3 Å². The van der Waals surface area contributed by atoms with Gasteiger partial charge in [-0.15, -0.1) is 12.3 Å². The van der Waals surface area contributed by atoms with Crippen molar-refractivity contribution in [1.29, 1.82) is 0 Å². The topological polar surface area (TPSA) is 33.2 Å². The first-order valence-corrected chi connectivity index (χ1v) is 5.86. The maximum absolute atomic E-state index is 11.7. The number of aromatic nitrogens is 1. The lowest BCUT2D eigenvalue weighted by atomic mass is 10.1. The highest BCUT2D eigenvalue weighted by Gasteiger charge is 2.30. The highest BCUT2D eigenvalue weighted by Crippen LogP contribution is 2.28. The van der Waals surface area contributed by atoms with Crippen LogP contribution >= 0.6 is 27.5 Å². The standard InChI is InChI=1S/C11H8BrClN2O/c1-2-7-3-11(16)15(6-7)10-4-8(12)9(13)5-14-10/h1,4-5,7H,3,6H2. The molecule has 3 nitrogen and oxygen atoms in total. The van der Waals surface area contributed by atoms with Gasteiger partial charge in [0.05, 0.1) is 5.02 Å². The summed E-state index contributed by atoms with van der Waals surface area (Å²) in [5, 5.41) is 0.517. The van der Waals surface area contributed by atoms with Crippen LogP contribution in [0.5, 0.6) is 0 Å². The van der Waals surface area contributed by atoms with Crippen LogP contribution in [0.25, 0.3) is 0 Å². The number of amides is 1. The number of pyridine rings is 1. The fourth-order valence-electron chi connectivity index (χ4n) is 1.59. The molecule has 0 saturated carbocycles. The minimum Gasteiger partial charge on any atom is -0.295 e. The van der Waals surface area contributed by atoms with Gasteiger partial charge < -0.3 is 0 Å². The smallest absolute Gasteiger partial charge is 0.229 e. The molecule has 1 amide bonds. The Morgan fingerprint density at radius 1 is 1.69 bits per heavy atom. The Bertz CT molecular complexity index is 483. The molecule has 82 valence electrons. The Morgan fingerprint density at radius 2 is 2.44 bits per heavy atom. The number of anilines is 1. The van der Waals surface area contributed by atoms with Crippen molar-refractivity contribution in [2.75, 3.05) is 11.4 Å². The molecule has 1 saturated heterocycles. The lowest BCUT2D eigenvalue weighted by molar-refractivity contribution is -0.117. The van der Waals surface area contributed by atoms with Crippen molar-refractivity contribution < 1.29 is 4.79 Å². The fraction of sp³-hybridized carbons (Fsp3) is 0.273.